The predicted octanol–water partition coefficient (Wildman–Crippen LogP) is 0.713. The average molecular weight is 376 g/mol. The fourth-order valence-corrected chi connectivity index (χ4v) is 5.65. The average Bonchev–Trinajstić information content (AvgIpc) is 2.61. The van der Waals surface area contributed by atoms with Gasteiger partial charge in [0, 0.05) is 25.6 Å². The number of nitrogens with zero attached hydrogens (tertiary/aromatic N) is 1. The Morgan fingerprint density at radius 3 is 2.68 bits per heavy atom. The number of methoxy groups -OCH3 is 1. The molecule has 0 aromatic rings. The Hall–Kier alpha value is -0.700. The van der Waals surface area contributed by atoms with Crippen LogP contribution in [0.5, 0.6) is 0 Å². The molecule has 2 fully saturated rings. The van der Waals surface area contributed by atoms with E-state index in [1.807, 2.05) is 6.92 Å². The smallest absolute Gasteiger partial charge is 0.238 e. The van der Waals surface area contributed by atoms with Crippen LogP contribution in [-0.4, -0.2) is 70.3 Å². The van der Waals surface area contributed by atoms with Gasteiger partial charge in [-0.05, 0) is 45.2 Å². The van der Waals surface area contributed by atoms with Crippen molar-refractivity contribution in [1.29, 1.82) is 0 Å². The normalized spacial score (nSPS) is 24.8. The largest absolute Gasteiger partial charge is 0.384 e. The molecule has 2 heterocycles. The Bertz CT molecular complexity index is 527. The second kappa shape index (κ2) is 9.30. The van der Waals surface area contributed by atoms with E-state index in [4.69, 9.17) is 4.74 Å². The summed E-state index contributed by atoms with van der Waals surface area (Å²) in [6, 6.07) is -0.563. The Morgan fingerprint density at radius 1 is 1.32 bits per heavy atom. The van der Waals surface area contributed by atoms with Crippen LogP contribution in [0, 0.1) is 5.41 Å². The molecule has 8 heteroatoms. The van der Waals surface area contributed by atoms with E-state index in [2.05, 4.69) is 10.6 Å². The zero-order valence-electron chi connectivity index (χ0n) is 15.6. The van der Waals surface area contributed by atoms with Crippen molar-refractivity contribution in [2.45, 2.75) is 51.5 Å². The number of piperidine rings is 2. The van der Waals surface area contributed by atoms with Crippen LogP contribution in [0.25, 0.3) is 0 Å². The molecule has 2 N–H and O–H groups in total. The Kier molecular flexibility index (Phi) is 7.67. The van der Waals surface area contributed by atoms with Gasteiger partial charge in [-0.2, -0.15) is 4.31 Å². The molecule has 2 aliphatic rings. The van der Waals surface area contributed by atoms with E-state index in [-0.39, 0.29) is 17.1 Å². The fourth-order valence-electron chi connectivity index (χ4n) is 3.90. The van der Waals surface area contributed by atoms with Crippen molar-refractivity contribution >= 4 is 15.9 Å². The lowest BCUT2D eigenvalue weighted by molar-refractivity contribution is -0.126. The molecular weight excluding hydrogens is 342 g/mol. The van der Waals surface area contributed by atoms with Gasteiger partial charge in [0.05, 0.1) is 12.4 Å². The quantitative estimate of drug-likeness (QED) is 0.652. The first-order valence-electron chi connectivity index (χ1n) is 9.41. The number of carbonyl (C=O) groups excluding carboxylic acids is 1. The van der Waals surface area contributed by atoms with Crippen molar-refractivity contribution in [2.24, 2.45) is 5.41 Å². The summed E-state index contributed by atoms with van der Waals surface area (Å²) in [7, 11) is -1.67. The first-order chi connectivity index (χ1) is 11.9. The summed E-state index contributed by atoms with van der Waals surface area (Å²) in [5.41, 5.74) is -0.0581. The molecule has 25 heavy (non-hydrogen) atoms. The first-order valence-corrected chi connectivity index (χ1v) is 11.0. The van der Waals surface area contributed by atoms with E-state index in [0.717, 1.165) is 38.8 Å². The summed E-state index contributed by atoms with van der Waals surface area (Å²) in [4.78, 5) is 12.8. The van der Waals surface area contributed by atoms with Crippen molar-refractivity contribution in [3.8, 4) is 0 Å². The summed E-state index contributed by atoms with van der Waals surface area (Å²) in [6.45, 7) is 5.28. The van der Waals surface area contributed by atoms with E-state index in [0.29, 0.717) is 32.5 Å². The third-order valence-corrected chi connectivity index (χ3v) is 7.40. The number of hydrogen-bond donors (Lipinski definition) is 2. The predicted molar refractivity (Wildman–Crippen MR) is 97.8 cm³/mol. The molecule has 0 saturated carbocycles. The van der Waals surface area contributed by atoms with Crippen molar-refractivity contribution < 1.29 is 17.9 Å². The lowest BCUT2D eigenvalue weighted by Crippen LogP contribution is -2.55. The Morgan fingerprint density at radius 2 is 2.04 bits per heavy atom. The topological polar surface area (TPSA) is 87.7 Å². The minimum Gasteiger partial charge on any atom is -0.384 e. The van der Waals surface area contributed by atoms with Crippen LogP contribution in [0.2, 0.25) is 0 Å². The van der Waals surface area contributed by atoms with E-state index < -0.39 is 16.1 Å². The number of sulfonamides is 1. The zero-order valence-corrected chi connectivity index (χ0v) is 16.4. The SMILES string of the molecule is CCCS(=O)(=O)N1CCCCC1C(=O)NCC1(COC)CCNCC1. The van der Waals surface area contributed by atoms with Gasteiger partial charge in [-0.15, -0.1) is 0 Å². The summed E-state index contributed by atoms with van der Waals surface area (Å²) >= 11 is 0. The van der Waals surface area contributed by atoms with E-state index in [9.17, 15) is 13.2 Å². The molecule has 0 bridgehead atoms. The van der Waals surface area contributed by atoms with Crippen molar-refractivity contribution in [1.82, 2.24) is 14.9 Å². The highest BCUT2D eigenvalue weighted by Gasteiger charge is 2.38. The van der Waals surface area contributed by atoms with Crippen LogP contribution in [0.3, 0.4) is 0 Å². The molecular formula is C17H33N3O4S. The molecule has 1 amide bonds. The second-order valence-corrected chi connectivity index (χ2v) is 9.38. The summed E-state index contributed by atoms with van der Waals surface area (Å²) in [5.74, 6) is -0.0517. The highest BCUT2D eigenvalue weighted by Crippen LogP contribution is 2.29. The molecule has 0 aromatic carbocycles. The maximum Gasteiger partial charge on any atom is 0.238 e. The molecule has 2 saturated heterocycles. The highest BCUT2D eigenvalue weighted by atomic mass is 32.2. The summed E-state index contributed by atoms with van der Waals surface area (Å²) < 4.78 is 31.8. The molecule has 146 valence electrons. The third kappa shape index (κ3) is 5.39. The number of ether oxygens (including phenoxy) is 1. The summed E-state index contributed by atoms with van der Waals surface area (Å²) in [6.07, 6.45) is 4.79. The number of hydrogen-bond acceptors (Lipinski definition) is 5. The molecule has 0 spiro atoms. The van der Waals surface area contributed by atoms with Crippen molar-refractivity contribution in [2.75, 3.05) is 45.6 Å². The molecule has 1 atom stereocenters. The van der Waals surface area contributed by atoms with Gasteiger partial charge in [-0.25, -0.2) is 8.42 Å². The lowest BCUT2D eigenvalue weighted by Gasteiger charge is -2.38. The van der Waals surface area contributed by atoms with Gasteiger partial charge in [-0.3, -0.25) is 4.79 Å². The molecule has 2 rings (SSSR count). The van der Waals surface area contributed by atoms with Gasteiger partial charge in [0.25, 0.3) is 0 Å². The standard InChI is InChI=1S/C17H33N3O4S/c1-3-12-25(22,23)20-11-5-4-6-15(20)16(21)19-13-17(14-24-2)7-9-18-10-8-17/h15,18H,3-14H2,1-2H3,(H,19,21). The molecule has 1 unspecified atom stereocenters. The molecule has 2 aliphatic heterocycles. The highest BCUT2D eigenvalue weighted by molar-refractivity contribution is 7.89. The van der Waals surface area contributed by atoms with Crippen LogP contribution in [0.15, 0.2) is 0 Å². The van der Waals surface area contributed by atoms with Crippen LogP contribution in [0.4, 0.5) is 0 Å². The minimum atomic E-state index is -3.36. The molecule has 0 aromatic heterocycles. The maximum atomic E-state index is 12.8. The van der Waals surface area contributed by atoms with Gasteiger partial charge in [-0.1, -0.05) is 13.3 Å². The minimum absolute atomic E-state index is 0.0581. The fraction of sp³-hybridized carbons (Fsp3) is 0.941. The van der Waals surface area contributed by atoms with Crippen molar-refractivity contribution in [3.05, 3.63) is 0 Å². The Balaban J connectivity index is 2.02. The summed E-state index contributed by atoms with van der Waals surface area (Å²) in [5, 5.41) is 6.37. The van der Waals surface area contributed by atoms with Gasteiger partial charge in [0.15, 0.2) is 0 Å². The van der Waals surface area contributed by atoms with Gasteiger partial charge < -0.3 is 15.4 Å². The lowest BCUT2D eigenvalue weighted by atomic mass is 9.79. The number of amides is 1. The van der Waals surface area contributed by atoms with Gasteiger partial charge in [0.1, 0.15) is 6.04 Å². The maximum absolute atomic E-state index is 12.8. The van der Waals surface area contributed by atoms with Gasteiger partial charge >= 0.3 is 0 Å². The molecule has 0 aliphatic carbocycles. The van der Waals surface area contributed by atoms with E-state index in [1.165, 1.54) is 4.31 Å². The molecule has 0 radical (unpaired) electrons. The van der Waals surface area contributed by atoms with Crippen LogP contribution < -0.4 is 10.6 Å². The number of carbonyl (C=O) groups is 1. The van der Waals surface area contributed by atoms with Crippen LogP contribution in [0.1, 0.15) is 45.4 Å². The van der Waals surface area contributed by atoms with E-state index in [1.54, 1.807) is 7.11 Å². The van der Waals surface area contributed by atoms with E-state index >= 15 is 0 Å². The molecule has 7 nitrogen and oxygen atoms in total. The number of nitrogens with one attached hydrogen (secondary N) is 2. The van der Waals surface area contributed by atoms with Crippen LogP contribution >= 0.6 is 0 Å². The Labute approximate surface area is 151 Å². The third-order valence-electron chi connectivity index (χ3n) is 5.33. The van der Waals surface area contributed by atoms with Gasteiger partial charge in [0.2, 0.25) is 15.9 Å². The first kappa shape index (κ1) is 20.6. The number of rotatable bonds is 8. The zero-order chi connectivity index (χ0) is 18.3. The second-order valence-electron chi connectivity index (χ2n) is 7.34. The van der Waals surface area contributed by atoms with Crippen molar-refractivity contribution in [3.63, 3.8) is 0 Å². The monoisotopic (exact) mass is 375 g/mol. The van der Waals surface area contributed by atoms with Crippen LogP contribution in [-0.2, 0) is 19.6 Å².